The molecule has 0 aliphatic carbocycles. The molecule has 0 spiro atoms. The number of urea groups is 1. The number of fused-ring (bicyclic) bond motifs is 2. The Kier molecular flexibility index (Phi) is 4.37. The molecule has 3 aliphatic heterocycles. The van der Waals surface area contributed by atoms with Gasteiger partial charge in [0.05, 0.1) is 0 Å². The highest BCUT2D eigenvalue weighted by Crippen LogP contribution is 2.29. The van der Waals surface area contributed by atoms with Crippen LogP contribution < -0.4 is 10.2 Å². The van der Waals surface area contributed by atoms with Gasteiger partial charge in [-0.05, 0) is 43.9 Å². The number of H-pyrrole nitrogens is 1. The van der Waals surface area contributed by atoms with E-state index in [2.05, 4.69) is 39.5 Å². The number of piperazine rings is 1. The molecule has 4 heterocycles. The lowest BCUT2D eigenvalue weighted by atomic mass is 10.0. The van der Waals surface area contributed by atoms with Crippen LogP contribution in [0.3, 0.4) is 0 Å². The average Bonchev–Trinajstić information content (AvgIpc) is 3.33. The second kappa shape index (κ2) is 7.04. The third-order valence-corrected chi connectivity index (χ3v) is 6.49. The highest BCUT2D eigenvalue weighted by atomic mass is 16.2. The zero-order chi connectivity index (χ0) is 19.1. The van der Waals surface area contributed by atoms with Crippen molar-refractivity contribution in [2.24, 2.45) is 0 Å². The highest BCUT2D eigenvalue weighted by Gasteiger charge is 2.41. The minimum atomic E-state index is -0.345. The molecule has 0 saturated carbocycles. The number of aromatic amines is 1. The normalized spacial score (nSPS) is 25.3. The summed E-state index contributed by atoms with van der Waals surface area (Å²) in [6.45, 7) is 3.77. The number of nitrogens with zero attached hydrogens (tertiary/aromatic N) is 3. The molecule has 0 bridgehead atoms. The molecule has 28 heavy (non-hydrogen) atoms. The van der Waals surface area contributed by atoms with Gasteiger partial charge >= 0.3 is 6.03 Å². The van der Waals surface area contributed by atoms with E-state index in [-0.39, 0.29) is 18.0 Å². The summed E-state index contributed by atoms with van der Waals surface area (Å²) < 4.78 is 0. The fraction of sp³-hybridized carbons (Fsp3) is 0.524. The molecular weight excluding hydrogens is 354 g/mol. The smallest absolute Gasteiger partial charge is 0.318 e. The summed E-state index contributed by atoms with van der Waals surface area (Å²) in [7, 11) is 0. The van der Waals surface area contributed by atoms with Gasteiger partial charge < -0.3 is 25.0 Å². The van der Waals surface area contributed by atoms with Crippen LogP contribution in [0.15, 0.2) is 30.5 Å². The molecule has 2 aromatic rings. The maximum absolute atomic E-state index is 12.7. The number of benzene rings is 1. The van der Waals surface area contributed by atoms with Gasteiger partial charge in [-0.2, -0.15) is 0 Å². The molecule has 148 valence electrons. The second-order valence-electron chi connectivity index (χ2n) is 8.11. The first-order valence-corrected chi connectivity index (χ1v) is 10.4. The fourth-order valence-electron chi connectivity index (χ4n) is 4.96. The van der Waals surface area contributed by atoms with Gasteiger partial charge in [0.2, 0.25) is 5.91 Å². The van der Waals surface area contributed by atoms with Crippen LogP contribution in [-0.2, 0) is 4.79 Å². The molecule has 0 radical (unpaired) electrons. The van der Waals surface area contributed by atoms with Gasteiger partial charge in [0, 0.05) is 61.6 Å². The Morgan fingerprint density at radius 3 is 2.75 bits per heavy atom. The topological polar surface area (TPSA) is 71.7 Å². The average molecular weight is 381 g/mol. The molecule has 3 amide bonds. The van der Waals surface area contributed by atoms with E-state index in [4.69, 9.17) is 0 Å². The predicted octanol–water partition coefficient (Wildman–Crippen LogP) is 2.15. The van der Waals surface area contributed by atoms with Crippen LogP contribution in [0.25, 0.3) is 10.9 Å². The van der Waals surface area contributed by atoms with E-state index in [0.717, 1.165) is 44.4 Å². The van der Waals surface area contributed by atoms with Crippen molar-refractivity contribution >= 4 is 28.5 Å². The number of amides is 3. The van der Waals surface area contributed by atoms with E-state index in [9.17, 15) is 9.59 Å². The number of piperidine rings is 1. The van der Waals surface area contributed by atoms with Gasteiger partial charge in [-0.15, -0.1) is 0 Å². The number of rotatable bonds is 2. The summed E-state index contributed by atoms with van der Waals surface area (Å²) >= 11 is 0. The predicted molar refractivity (Wildman–Crippen MR) is 108 cm³/mol. The largest absolute Gasteiger partial charge is 0.367 e. The molecule has 7 nitrogen and oxygen atoms in total. The van der Waals surface area contributed by atoms with Crippen molar-refractivity contribution < 1.29 is 9.59 Å². The summed E-state index contributed by atoms with van der Waals surface area (Å²) in [5, 5.41) is 4.22. The summed E-state index contributed by atoms with van der Waals surface area (Å²) in [5.41, 5.74) is 2.34. The van der Waals surface area contributed by atoms with Gasteiger partial charge in [0.15, 0.2) is 0 Å². The van der Waals surface area contributed by atoms with E-state index < -0.39 is 0 Å². The first-order chi connectivity index (χ1) is 13.7. The van der Waals surface area contributed by atoms with Crippen LogP contribution in [0.1, 0.15) is 25.7 Å². The minimum Gasteiger partial charge on any atom is -0.367 e. The summed E-state index contributed by atoms with van der Waals surface area (Å²) in [4.78, 5) is 34.7. The first kappa shape index (κ1) is 17.4. The Hall–Kier alpha value is -2.70. The van der Waals surface area contributed by atoms with Crippen LogP contribution in [0.5, 0.6) is 0 Å². The van der Waals surface area contributed by atoms with Crippen molar-refractivity contribution in [2.75, 3.05) is 37.6 Å². The number of carbonyl (C=O) groups is 2. The lowest BCUT2D eigenvalue weighted by Gasteiger charge is -2.36. The Bertz CT molecular complexity index is 886. The van der Waals surface area contributed by atoms with Crippen molar-refractivity contribution in [1.82, 2.24) is 20.1 Å². The fourth-order valence-corrected chi connectivity index (χ4v) is 4.96. The van der Waals surface area contributed by atoms with E-state index in [0.29, 0.717) is 19.1 Å². The monoisotopic (exact) mass is 381 g/mol. The van der Waals surface area contributed by atoms with Crippen LogP contribution in [0.2, 0.25) is 0 Å². The van der Waals surface area contributed by atoms with Gasteiger partial charge in [-0.25, -0.2) is 4.79 Å². The van der Waals surface area contributed by atoms with E-state index >= 15 is 0 Å². The van der Waals surface area contributed by atoms with E-state index in [1.807, 2.05) is 16.0 Å². The second-order valence-corrected chi connectivity index (χ2v) is 8.11. The lowest BCUT2D eigenvalue weighted by Crippen LogP contribution is -2.54. The number of nitrogens with one attached hydrogen (secondary N) is 2. The number of hydrogen-bond acceptors (Lipinski definition) is 3. The van der Waals surface area contributed by atoms with Crippen LogP contribution in [-0.4, -0.2) is 71.5 Å². The SMILES string of the molecule is O=C(NC1CC2CCCCN2C1=O)N1CCN(c2cccc3[nH]ccc23)CC1. The van der Waals surface area contributed by atoms with Gasteiger partial charge in [-0.1, -0.05) is 6.07 Å². The highest BCUT2D eigenvalue weighted by molar-refractivity contribution is 5.92. The van der Waals surface area contributed by atoms with Crippen LogP contribution in [0.4, 0.5) is 10.5 Å². The Morgan fingerprint density at radius 1 is 1.07 bits per heavy atom. The van der Waals surface area contributed by atoms with Crippen molar-refractivity contribution in [3.8, 4) is 0 Å². The standard InChI is InChI=1S/C21H27N5O2/c27-20-18(14-15-4-1-2-9-26(15)20)23-21(28)25-12-10-24(11-13-25)19-6-3-5-17-16(19)7-8-22-17/h3,5-8,15,18,22H,1-2,4,9-14H2,(H,23,28). The van der Waals surface area contributed by atoms with Crippen molar-refractivity contribution in [3.05, 3.63) is 30.5 Å². The molecule has 2 atom stereocenters. The number of anilines is 1. The molecule has 3 fully saturated rings. The van der Waals surface area contributed by atoms with E-state index in [1.165, 1.54) is 17.5 Å². The Labute approximate surface area is 164 Å². The van der Waals surface area contributed by atoms with Gasteiger partial charge in [0.1, 0.15) is 6.04 Å². The quantitative estimate of drug-likeness (QED) is 0.837. The van der Waals surface area contributed by atoms with Crippen LogP contribution in [0, 0.1) is 0 Å². The third-order valence-electron chi connectivity index (χ3n) is 6.49. The molecule has 2 N–H and O–H groups in total. The molecule has 7 heteroatoms. The zero-order valence-corrected chi connectivity index (χ0v) is 16.1. The zero-order valence-electron chi connectivity index (χ0n) is 16.1. The maximum Gasteiger partial charge on any atom is 0.318 e. The van der Waals surface area contributed by atoms with Gasteiger partial charge in [-0.3, -0.25) is 4.79 Å². The number of hydrogen-bond donors (Lipinski definition) is 2. The van der Waals surface area contributed by atoms with Crippen molar-refractivity contribution in [2.45, 2.75) is 37.8 Å². The third kappa shape index (κ3) is 2.99. The van der Waals surface area contributed by atoms with Crippen LogP contribution >= 0.6 is 0 Å². The molecule has 3 saturated heterocycles. The lowest BCUT2D eigenvalue weighted by molar-refractivity contribution is -0.131. The molecule has 1 aromatic heterocycles. The molecule has 5 rings (SSSR count). The molecule has 3 aliphatic rings. The number of aromatic nitrogens is 1. The summed E-state index contributed by atoms with van der Waals surface area (Å²) in [6, 6.07) is 8.26. The summed E-state index contributed by atoms with van der Waals surface area (Å²) in [5.74, 6) is 0.107. The summed E-state index contributed by atoms with van der Waals surface area (Å²) in [6.07, 6.45) is 6.06. The molecule has 2 unspecified atom stereocenters. The van der Waals surface area contributed by atoms with Crippen molar-refractivity contribution in [1.29, 1.82) is 0 Å². The maximum atomic E-state index is 12.7. The number of carbonyl (C=O) groups excluding carboxylic acids is 2. The minimum absolute atomic E-state index is 0.0994. The van der Waals surface area contributed by atoms with Crippen molar-refractivity contribution in [3.63, 3.8) is 0 Å². The first-order valence-electron chi connectivity index (χ1n) is 10.4. The molecular formula is C21H27N5O2. The van der Waals surface area contributed by atoms with Gasteiger partial charge in [0.25, 0.3) is 0 Å². The van der Waals surface area contributed by atoms with E-state index in [1.54, 1.807) is 0 Å². The molecule has 1 aromatic carbocycles. The Balaban J connectivity index is 1.19. The Morgan fingerprint density at radius 2 is 1.93 bits per heavy atom.